The van der Waals surface area contributed by atoms with Crippen molar-refractivity contribution in [2.24, 2.45) is 0 Å². The monoisotopic (exact) mass is 305 g/mol. The van der Waals surface area contributed by atoms with Crippen LogP contribution in [0.1, 0.15) is 17.1 Å². The summed E-state index contributed by atoms with van der Waals surface area (Å²) in [5, 5.41) is 11.7. The molecule has 0 unspecified atom stereocenters. The summed E-state index contributed by atoms with van der Waals surface area (Å²) >= 11 is 0. The molecule has 2 N–H and O–H groups in total. The van der Waals surface area contributed by atoms with E-state index in [2.05, 4.69) is 10.0 Å². The Bertz CT molecular complexity index is 788. The van der Waals surface area contributed by atoms with Gasteiger partial charge in [0.25, 0.3) is 0 Å². The van der Waals surface area contributed by atoms with Crippen molar-refractivity contribution in [3.63, 3.8) is 0 Å². The van der Waals surface area contributed by atoms with Crippen LogP contribution in [0.2, 0.25) is 0 Å². The second-order valence-corrected chi connectivity index (χ2v) is 6.27. The Morgan fingerprint density at radius 2 is 2.05 bits per heavy atom. The molecule has 0 saturated heterocycles. The van der Waals surface area contributed by atoms with E-state index in [1.165, 1.54) is 7.05 Å². The van der Waals surface area contributed by atoms with E-state index in [9.17, 15) is 8.42 Å². The second kappa shape index (κ2) is 5.99. The lowest BCUT2D eigenvalue weighted by atomic mass is 10.2. The molecule has 0 aliphatic heterocycles. The van der Waals surface area contributed by atoms with Gasteiger partial charge in [-0.2, -0.15) is 5.26 Å². The standard InChI is InChI=1S/C14H15N3O3S/c1-10-3-4-11(7-14(10)21(18,19)16-2)17-9-13-6-5-12(8-15)20-13/h3-7,16-17H,9H2,1-2H3. The normalized spacial score (nSPS) is 11.1. The van der Waals surface area contributed by atoms with E-state index < -0.39 is 10.0 Å². The average molecular weight is 305 g/mol. The fourth-order valence-electron chi connectivity index (χ4n) is 1.83. The molecule has 0 atom stereocenters. The van der Waals surface area contributed by atoms with Crippen LogP contribution in [0.15, 0.2) is 39.6 Å². The molecule has 7 heteroatoms. The highest BCUT2D eigenvalue weighted by Crippen LogP contribution is 2.20. The van der Waals surface area contributed by atoms with Crippen molar-refractivity contribution in [2.75, 3.05) is 12.4 Å². The number of hydrogen-bond acceptors (Lipinski definition) is 5. The van der Waals surface area contributed by atoms with Gasteiger partial charge in [-0.25, -0.2) is 13.1 Å². The van der Waals surface area contributed by atoms with Gasteiger partial charge >= 0.3 is 0 Å². The molecule has 0 aliphatic rings. The van der Waals surface area contributed by atoms with Crippen LogP contribution in [0.4, 0.5) is 5.69 Å². The fourth-order valence-corrected chi connectivity index (χ4v) is 2.83. The third kappa shape index (κ3) is 3.42. The zero-order chi connectivity index (χ0) is 15.5. The molecular formula is C14H15N3O3S. The number of nitriles is 1. The minimum atomic E-state index is -3.49. The molecule has 0 saturated carbocycles. The van der Waals surface area contributed by atoms with E-state index in [0.717, 1.165) is 0 Å². The first kappa shape index (κ1) is 15.1. The third-order valence-electron chi connectivity index (χ3n) is 2.98. The zero-order valence-corrected chi connectivity index (χ0v) is 12.5. The Hall–Kier alpha value is -2.30. The number of hydrogen-bond donors (Lipinski definition) is 2. The van der Waals surface area contributed by atoms with E-state index in [1.54, 1.807) is 37.3 Å². The molecular weight excluding hydrogens is 290 g/mol. The number of anilines is 1. The summed E-state index contributed by atoms with van der Waals surface area (Å²) in [4.78, 5) is 0.229. The SMILES string of the molecule is CNS(=O)(=O)c1cc(NCc2ccc(C#N)o2)ccc1C. The highest BCUT2D eigenvalue weighted by Gasteiger charge is 2.15. The van der Waals surface area contributed by atoms with Crippen LogP contribution in [-0.2, 0) is 16.6 Å². The summed E-state index contributed by atoms with van der Waals surface area (Å²) in [7, 11) is -2.11. The van der Waals surface area contributed by atoms with Gasteiger partial charge in [-0.1, -0.05) is 6.07 Å². The van der Waals surface area contributed by atoms with Crippen LogP contribution in [0, 0.1) is 18.3 Å². The number of sulfonamides is 1. The highest BCUT2D eigenvalue weighted by atomic mass is 32.2. The number of aryl methyl sites for hydroxylation is 1. The minimum absolute atomic E-state index is 0.229. The van der Waals surface area contributed by atoms with Gasteiger partial charge in [-0.3, -0.25) is 0 Å². The van der Waals surface area contributed by atoms with Gasteiger partial charge in [0, 0.05) is 5.69 Å². The Morgan fingerprint density at radius 1 is 1.29 bits per heavy atom. The molecule has 0 amide bonds. The summed E-state index contributed by atoms with van der Waals surface area (Å²) in [6, 6.07) is 10.3. The maximum absolute atomic E-state index is 11.9. The Kier molecular flexibility index (Phi) is 4.31. The van der Waals surface area contributed by atoms with Gasteiger partial charge in [0.05, 0.1) is 11.4 Å². The molecule has 1 heterocycles. The fraction of sp³-hybridized carbons (Fsp3) is 0.214. The topological polar surface area (TPSA) is 95.1 Å². The molecule has 0 spiro atoms. The van der Waals surface area contributed by atoms with Crippen molar-refractivity contribution in [3.8, 4) is 6.07 Å². The summed E-state index contributed by atoms with van der Waals surface area (Å²) in [5.74, 6) is 0.847. The molecule has 2 rings (SSSR count). The summed E-state index contributed by atoms with van der Waals surface area (Å²) in [6.45, 7) is 2.10. The first-order valence-electron chi connectivity index (χ1n) is 6.23. The van der Waals surface area contributed by atoms with Crippen molar-refractivity contribution >= 4 is 15.7 Å². The highest BCUT2D eigenvalue weighted by molar-refractivity contribution is 7.89. The average Bonchev–Trinajstić information content (AvgIpc) is 2.94. The first-order chi connectivity index (χ1) is 9.96. The molecule has 0 aliphatic carbocycles. The molecule has 1 aromatic heterocycles. The van der Waals surface area contributed by atoms with Crippen LogP contribution < -0.4 is 10.0 Å². The molecule has 0 radical (unpaired) electrons. The molecule has 21 heavy (non-hydrogen) atoms. The molecule has 6 nitrogen and oxygen atoms in total. The third-order valence-corrected chi connectivity index (χ3v) is 4.54. The van der Waals surface area contributed by atoms with Crippen molar-refractivity contribution in [3.05, 3.63) is 47.4 Å². The lowest BCUT2D eigenvalue weighted by molar-refractivity contribution is 0.506. The van der Waals surface area contributed by atoms with Gasteiger partial charge in [0.1, 0.15) is 11.8 Å². The quantitative estimate of drug-likeness (QED) is 0.880. The maximum atomic E-state index is 11.9. The van der Waals surface area contributed by atoms with Gasteiger partial charge in [0.15, 0.2) is 0 Å². The van der Waals surface area contributed by atoms with Crippen LogP contribution >= 0.6 is 0 Å². The number of nitrogens with zero attached hydrogens (tertiary/aromatic N) is 1. The lowest BCUT2D eigenvalue weighted by Gasteiger charge is -2.10. The molecule has 1 aromatic carbocycles. The van der Waals surface area contributed by atoms with E-state index in [4.69, 9.17) is 9.68 Å². The van der Waals surface area contributed by atoms with Gasteiger partial charge in [-0.15, -0.1) is 0 Å². The molecule has 2 aromatic rings. The van der Waals surface area contributed by atoms with E-state index in [-0.39, 0.29) is 10.7 Å². The van der Waals surface area contributed by atoms with Crippen molar-refractivity contribution < 1.29 is 12.8 Å². The van der Waals surface area contributed by atoms with Crippen LogP contribution in [0.3, 0.4) is 0 Å². The van der Waals surface area contributed by atoms with E-state index in [1.807, 2.05) is 6.07 Å². The van der Waals surface area contributed by atoms with E-state index >= 15 is 0 Å². The predicted octanol–water partition coefficient (Wildman–Crippen LogP) is 1.98. The van der Waals surface area contributed by atoms with E-state index in [0.29, 0.717) is 23.6 Å². The Morgan fingerprint density at radius 3 is 2.67 bits per heavy atom. The lowest BCUT2D eigenvalue weighted by Crippen LogP contribution is -2.19. The molecule has 0 fully saturated rings. The summed E-state index contributed by atoms with van der Waals surface area (Å²) in [5.41, 5.74) is 1.32. The number of furan rings is 1. The van der Waals surface area contributed by atoms with Crippen molar-refractivity contribution in [1.82, 2.24) is 4.72 Å². The van der Waals surface area contributed by atoms with Crippen LogP contribution in [-0.4, -0.2) is 15.5 Å². The summed E-state index contributed by atoms with van der Waals surface area (Å²) < 4.78 is 31.3. The zero-order valence-electron chi connectivity index (χ0n) is 11.7. The summed E-state index contributed by atoms with van der Waals surface area (Å²) in [6.07, 6.45) is 0. The second-order valence-electron chi connectivity index (χ2n) is 4.42. The van der Waals surface area contributed by atoms with Gasteiger partial charge < -0.3 is 9.73 Å². The Balaban J connectivity index is 2.18. The van der Waals surface area contributed by atoms with Crippen molar-refractivity contribution in [1.29, 1.82) is 5.26 Å². The molecule has 0 bridgehead atoms. The number of benzene rings is 1. The van der Waals surface area contributed by atoms with Crippen LogP contribution in [0.25, 0.3) is 0 Å². The van der Waals surface area contributed by atoms with Crippen molar-refractivity contribution in [2.45, 2.75) is 18.4 Å². The smallest absolute Gasteiger partial charge is 0.240 e. The number of nitrogens with one attached hydrogen (secondary N) is 2. The maximum Gasteiger partial charge on any atom is 0.240 e. The first-order valence-corrected chi connectivity index (χ1v) is 7.71. The largest absolute Gasteiger partial charge is 0.449 e. The van der Waals surface area contributed by atoms with Crippen LogP contribution in [0.5, 0.6) is 0 Å². The predicted molar refractivity (Wildman–Crippen MR) is 78.2 cm³/mol. The Labute approximate surface area is 123 Å². The number of rotatable bonds is 5. The van der Waals surface area contributed by atoms with Gasteiger partial charge in [0.2, 0.25) is 15.8 Å². The van der Waals surface area contributed by atoms with Gasteiger partial charge in [-0.05, 0) is 43.8 Å². The minimum Gasteiger partial charge on any atom is -0.449 e. The molecule has 110 valence electrons.